The number of aromatic nitrogens is 1. The summed E-state index contributed by atoms with van der Waals surface area (Å²) >= 11 is 0. The Morgan fingerprint density at radius 2 is 2.20 bits per heavy atom. The maximum atomic E-state index is 13.1. The first-order valence-electron chi connectivity index (χ1n) is 7.16. The maximum absolute atomic E-state index is 13.1. The summed E-state index contributed by atoms with van der Waals surface area (Å²) in [5.74, 6) is 0.348. The van der Waals surface area contributed by atoms with E-state index < -0.39 is 0 Å². The van der Waals surface area contributed by atoms with Gasteiger partial charge in [-0.05, 0) is 44.4 Å². The third kappa shape index (κ3) is 3.16. The van der Waals surface area contributed by atoms with E-state index in [0.29, 0.717) is 29.6 Å². The highest BCUT2D eigenvalue weighted by molar-refractivity contribution is 5.72. The average molecular weight is 278 g/mol. The normalized spacial score (nSPS) is 15.3. The Morgan fingerprint density at radius 1 is 1.35 bits per heavy atom. The van der Waals surface area contributed by atoms with E-state index in [1.165, 1.54) is 25.0 Å². The molecule has 108 valence electrons. The number of halogens is 1. The molecule has 0 aliphatic heterocycles. The molecule has 1 saturated carbocycles. The van der Waals surface area contributed by atoms with Crippen molar-refractivity contribution in [2.75, 3.05) is 13.2 Å². The average Bonchev–Trinajstić information content (AvgIpc) is 3.19. The zero-order valence-corrected chi connectivity index (χ0v) is 11.4. The van der Waals surface area contributed by atoms with E-state index in [0.717, 1.165) is 19.4 Å². The highest BCUT2D eigenvalue weighted by atomic mass is 19.1. The summed E-state index contributed by atoms with van der Waals surface area (Å²) in [6.45, 7) is 1.84. The smallest absolute Gasteiger partial charge is 0.209 e. The predicted molar refractivity (Wildman–Crippen MR) is 73.7 cm³/mol. The van der Waals surface area contributed by atoms with Crippen molar-refractivity contribution >= 4 is 11.1 Å². The van der Waals surface area contributed by atoms with Crippen molar-refractivity contribution < 1.29 is 13.9 Å². The number of rotatable bonds is 7. The molecule has 1 N–H and O–H groups in total. The molecular formula is C15H19FN2O2. The summed E-state index contributed by atoms with van der Waals surface area (Å²) in [5.41, 5.74) is 1.21. The molecule has 20 heavy (non-hydrogen) atoms. The second kappa shape index (κ2) is 5.89. The van der Waals surface area contributed by atoms with E-state index >= 15 is 0 Å². The van der Waals surface area contributed by atoms with Crippen molar-refractivity contribution in [3.63, 3.8) is 0 Å². The van der Waals surface area contributed by atoms with E-state index in [9.17, 15) is 4.39 Å². The van der Waals surface area contributed by atoms with Crippen LogP contribution in [0.1, 0.15) is 31.6 Å². The topological polar surface area (TPSA) is 49.5 Å². The molecule has 0 atom stereocenters. The Hall–Kier alpha value is -1.46. The molecule has 0 radical (unpaired) electrons. The van der Waals surface area contributed by atoms with Gasteiger partial charge in [0.05, 0.1) is 6.54 Å². The van der Waals surface area contributed by atoms with Gasteiger partial charge in [-0.25, -0.2) is 9.37 Å². The van der Waals surface area contributed by atoms with Crippen molar-refractivity contribution in [3.8, 4) is 0 Å². The molecule has 5 heteroatoms. The largest absolute Gasteiger partial charge is 0.439 e. The molecule has 4 nitrogen and oxygen atoms in total. The minimum absolute atomic E-state index is 0.237. The van der Waals surface area contributed by atoms with Crippen LogP contribution in [0.15, 0.2) is 22.6 Å². The van der Waals surface area contributed by atoms with Gasteiger partial charge in [-0.3, -0.25) is 4.90 Å². The zero-order chi connectivity index (χ0) is 13.9. The van der Waals surface area contributed by atoms with Crippen LogP contribution in [0.3, 0.4) is 0 Å². The van der Waals surface area contributed by atoms with E-state index in [4.69, 9.17) is 9.52 Å². The second-order valence-corrected chi connectivity index (χ2v) is 5.35. The fourth-order valence-electron chi connectivity index (χ4n) is 2.45. The van der Waals surface area contributed by atoms with Gasteiger partial charge >= 0.3 is 0 Å². The van der Waals surface area contributed by atoms with E-state index in [2.05, 4.69) is 9.88 Å². The first kappa shape index (κ1) is 13.5. The molecule has 0 saturated heterocycles. The van der Waals surface area contributed by atoms with Gasteiger partial charge in [0.15, 0.2) is 5.58 Å². The molecule has 0 bridgehead atoms. The number of oxazole rings is 1. The Kier molecular flexibility index (Phi) is 3.98. The monoisotopic (exact) mass is 278 g/mol. The van der Waals surface area contributed by atoms with Gasteiger partial charge in [-0.2, -0.15) is 0 Å². The third-order valence-electron chi connectivity index (χ3n) is 3.65. The number of aliphatic hydroxyl groups excluding tert-OH is 1. The lowest BCUT2D eigenvalue weighted by Gasteiger charge is -2.19. The molecule has 1 aromatic carbocycles. The van der Waals surface area contributed by atoms with Gasteiger partial charge in [0.2, 0.25) is 5.89 Å². The number of hydrogen-bond donors (Lipinski definition) is 1. The number of unbranched alkanes of at least 4 members (excludes halogenated alkanes) is 1. The minimum Gasteiger partial charge on any atom is -0.439 e. The molecule has 0 unspecified atom stereocenters. The van der Waals surface area contributed by atoms with Crippen LogP contribution in [0.4, 0.5) is 4.39 Å². The number of aliphatic hydroxyl groups is 1. The Labute approximate surface area is 117 Å². The molecule has 1 fully saturated rings. The van der Waals surface area contributed by atoms with Gasteiger partial charge in [0.1, 0.15) is 11.3 Å². The Morgan fingerprint density at radius 3 is 2.95 bits per heavy atom. The van der Waals surface area contributed by atoms with Gasteiger partial charge in [-0.15, -0.1) is 0 Å². The Bertz CT molecular complexity index is 580. The number of hydrogen-bond acceptors (Lipinski definition) is 4. The van der Waals surface area contributed by atoms with Crippen molar-refractivity contribution in [3.05, 3.63) is 29.9 Å². The predicted octanol–water partition coefficient (Wildman–Crippen LogP) is 2.70. The first-order valence-corrected chi connectivity index (χ1v) is 7.16. The van der Waals surface area contributed by atoms with Gasteiger partial charge in [-0.1, -0.05) is 0 Å². The fraction of sp³-hybridized carbons (Fsp3) is 0.533. The van der Waals surface area contributed by atoms with E-state index in [-0.39, 0.29) is 12.4 Å². The number of nitrogens with zero attached hydrogens (tertiary/aromatic N) is 2. The SMILES string of the molecule is OCCCCN(Cc1nc2cc(F)ccc2o1)C1CC1. The molecule has 2 aromatic rings. The van der Waals surface area contributed by atoms with Gasteiger partial charge in [0, 0.05) is 18.7 Å². The first-order chi connectivity index (χ1) is 9.76. The standard InChI is InChI=1S/C15H19FN2O2/c16-11-3-6-14-13(9-11)17-15(20-14)10-18(12-4-5-12)7-1-2-8-19/h3,6,9,12,19H,1-2,4-5,7-8,10H2. The molecule has 1 aromatic heterocycles. The van der Waals surface area contributed by atoms with Crippen molar-refractivity contribution in [2.24, 2.45) is 0 Å². The molecule has 1 aliphatic carbocycles. The van der Waals surface area contributed by atoms with Crippen LogP contribution in [0.2, 0.25) is 0 Å². The van der Waals surface area contributed by atoms with Crippen LogP contribution in [-0.2, 0) is 6.54 Å². The fourth-order valence-corrected chi connectivity index (χ4v) is 2.45. The van der Waals surface area contributed by atoms with Crippen LogP contribution in [-0.4, -0.2) is 34.2 Å². The van der Waals surface area contributed by atoms with Gasteiger partial charge in [0.25, 0.3) is 0 Å². The van der Waals surface area contributed by atoms with Crippen LogP contribution >= 0.6 is 0 Å². The lowest BCUT2D eigenvalue weighted by atomic mass is 10.3. The number of benzene rings is 1. The molecule has 1 heterocycles. The van der Waals surface area contributed by atoms with Crippen molar-refractivity contribution in [1.29, 1.82) is 0 Å². The van der Waals surface area contributed by atoms with E-state index in [1.54, 1.807) is 6.07 Å². The molecule has 3 rings (SSSR count). The minimum atomic E-state index is -0.292. The van der Waals surface area contributed by atoms with Crippen molar-refractivity contribution in [1.82, 2.24) is 9.88 Å². The highest BCUT2D eigenvalue weighted by Crippen LogP contribution is 2.29. The summed E-state index contributed by atoms with van der Waals surface area (Å²) < 4.78 is 18.8. The van der Waals surface area contributed by atoms with Crippen LogP contribution in [0.5, 0.6) is 0 Å². The summed E-state index contributed by atoms with van der Waals surface area (Å²) in [4.78, 5) is 6.70. The summed E-state index contributed by atoms with van der Waals surface area (Å²) in [7, 11) is 0. The zero-order valence-electron chi connectivity index (χ0n) is 11.4. The number of fused-ring (bicyclic) bond motifs is 1. The second-order valence-electron chi connectivity index (χ2n) is 5.35. The summed E-state index contributed by atoms with van der Waals surface area (Å²) in [6.07, 6.45) is 4.23. The van der Waals surface area contributed by atoms with Gasteiger partial charge < -0.3 is 9.52 Å². The van der Waals surface area contributed by atoms with Crippen molar-refractivity contribution in [2.45, 2.75) is 38.3 Å². The van der Waals surface area contributed by atoms with E-state index in [1.807, 2.05) is 0 Å². The maximum Gasteiger partial charge on any atom is 0.209 e. The van der Waals surface area contributed by atoms with Crippen LogP contribution in [0, 0.1) is 5.82 Å². The molecule has 0 amide bonds. The third-order valence-corrected chi connectivity index (χ3v) is 3.65. The lowest BCUT2D eigenvalue weighted by molar-refractivity contribution is 0.213. The van der Waals surface area contributed by atoms with Crippen LogP contribution in [0.25, 0.3) is 11.1 Å². The lowest BCUT2D eigenvalue weighted by Crippen LogP contribution is -2.27. The molecule has 0 spiro atoms. The van der Waals surface area contributed by atoms with Crippen LogP contribution < -0.4 is 0 Å². The Balaban J connectivity index is 1.69. The quantitative estimate of drug-likeness (QED) is 0.791. The summed E-state index contributed by atoms with van der Waals surface area (Å²) in [5, 5.41) is 8.86. The summed E-state index contributed by atoms with van der Waals surface area (Å²) in [6, 6.07) is 5.02. The molecule has 1 aliphatic rings. The molecular weight excluding hydrogens is 259 g/mol. The highest BCUT2D eigenvalue weighted by Gasteiger charge is 2.29.